The zero-order valence-electron chi connectivity index (χ0n) is 13.0. The van der Waals surface area contributed by atoms with Gasteiger partial charge >= 0.3 is 5.97 Å². The van der Waals surface area contributed by atoms with E-state index in [1.165, 1.54) is 31.3 Å². The van der Waals surface area contributed by atoms with Gasteiger partial charge in [0.05, 0.1) is 6.61 Å². The van der Waals surface area contributed by atoms with Crippen LogP contribution in [0.5, 0.6) is 0 Å². The molecule has 0 aliphatic carbocycles. The van der Waals surface area contributed by atoms with Crippen molar-refractivity contribution in [1.29, 1.82) is 0 Å². The highest BCUT2D eigenvalue weighted by molar-refractivity contribution is 7.89. The second-order valence-electron chi connectivity index (χ2n) is 5.23. The van der Waals surface area contributed by atoms with Crippen molar-refractivity contribution >= 4 is 16.0 Å². The monoisotopic (exact) mass is 345 g/mol. The van der Waals surface area contributed by atoms with E-state index in [0.29, 0.717) is 5.56 Å². The minimum atomic E-state index is -3.79. The Hall–Kier alpha value is -1.55. The first-order valence-electron chi connectivity index (χ1n) is 7.21. The van der Waals surface area contributed by atoms with Crippen LogP contribution in [0.1, 0.15) is 12.5 Å². The molecule has 0 radical (unpaired) electrons. The highest BCUT2D eigenvalue weighted by Gasteiger charge is 2.44. The summed E-state index contributed by atoms with van der Waals surface area (Å²) in [4.78, 5) is 11.9. The van der Waals surface area contributed by atoms with Crippen molar-refractivity contribution < 1.29 is 22.3 Å². The van der Waals surface area contributed by atoms with Crippen LogP contribution < -0.4 is 10.9 Å². The van der Waals surface area contributed by atoms with E-state index < -0.39 is 27.3 Å². The lowest BCUT2D eigenvalue weighted by atomic mass is 10.2. The first-order valence-corrected chi connectivity index (χ1v) is 8.71. The van der Waals surface area contributed by atoms with E-state index >= 15 is 0 Å². The van der Waals surface area contributed by atoms with Crippen LogP contribution in [0, 0.1) is 11.7 Å². The maximum atomic E-state index is 12.9. The lowest BCUT2D eigenvalue weighted by Crippen LogP contribution is -2.47. The number of benzene rings is 1. The first-order chi connectivity index (χ1) is 10.9. The standard InChI is InChI=1S/C14H20FN3O4S/c1-3-22-14(19)12-8-16-17-13(12)23(20,21)18(2)9-10-4-6-11(15)7-5-10/h4-7,12-13,16-17H,3,8-9H2,1-2H3. The van der Waals surface area contributed by atoms with Crippen LogP contribution in [-0.2, 0) is 26.1 Å². The Morgan fingerprint density at radius 3 is 2.65 bits per heavy atom. The Kier molecular flexibility index (Phi) is 5.69. The molecule has 0 aromatic heterocycles. The van der Waals surface area contributed by atoms with Gasteiger partial charge in [-0.15, -0.1) is 0 Å². The molecule has 0 spiro atoms. The summed E-state index contributed by atoms with van der Waals surface area (Å²) in [5.41, 5.74) is 5.96. The van der Waals surface area contributed by atoms with E-state index in [1.807, 2.05) is 0 Å². The summed E-state index contributed by atoms with van der Waals surface area (Å²) < 4.78 is 44.3. The van der Waals surface area contributed by atoms with E-state index in [2.05, 4.69) is 10.9 Å². The van der Waals surface area contributed by atoms with Crippen LogP contribution in [0.15, 0.2) is 24.3 Å². The van der Waals surface area contributed by atoms with Gasteiger partial charge in [0.15, 0.2) is 5.37 Å². The summed E-state index contributed by atoms with van der Waals surface area (Å²) in [6, 6.07) is 5.58. The number of ether oxygens (including phenoxy) is 1. The number of nitrogens with zero attached hydrogens (tertiary/aromatic N) is 1. The number of rotatable bonds is 6. The Balaban J connectivity index is 2.12. The lowest BCUT2D eigenvalue weighted by Gasteiger charge is -2.24. The SMILES string of the molecule is CCOC(=O)C1CNNC1S(=O)(=O)N(C)Cc1ccc(F)cc1. The van der Waals surface area contributed by atoms with Crippen molar-refractivity contribution in [2.75, 3.05) is 20.2 Å². The van der Waals surface area contributed by atoms with Gasteiger partial charge in [0.25, 0.3) is 0 Å². The third kappa shape index (κ3) is 4.05. The zero-order valence-corrected chi connectivity index (χ0v) is 13.8. The molecule has 2 N–H and O–H groups in total. The number of halogens is 1. The molecule has 1 aliphatic heterocycles. The fourth-order valence-corrected chi connectivity index (χ4v) is 3.92. The molecule has 0 bridgehead atoms. The summed E-state index contributed by atoms with van der Waals surface area (Å²) in [5.74, 6) is -1.77. The van der Waals surface area contributed by atoms with Crippen molar-refractivity contribution in [2.45, 2.75) is 18.8 Å². The van der Waals surface area contributed by atoms with Gasteiger partial charge in [0.2, 0.25) is 10.0 Å². The van der Waals surface area contributed by atoms with Crippen LogP contribution in [0.4, 0.5) is 4.39 Å². The van der Waals surface area contributed by atoms with Gasteiger partial charge in [0.1, 0.15) is 11.7 Å². The van der Waals surface area contributed by atoms with Gasteiger partial charge in [0, 0.05) is 20.1 Å². The fourth-order valence-electron chi connectivity index (χ4n) is 2.35. The molecule has 2 atom stereocenters. The van der Waals surface area contributed by atoms with Gasteiger partial charge < -0.3 is 4.74 Å². The molecule has 23 heavy (non-hydrogen) atoms. The molecule has 9 heteroatoms. The number of esters is 1. The van der Waals surface area contributed by atoms with E-state index in [0.717, 1.165) is 4.31 Å². The number of hydrogen-bond donors (Lipinski definition) is 2. The molecule has 0 saturated carbocycles. The average molecular weight is 345 g/mol. The molecule has 2 rings (SSSR count). The minimum absolute atomic E-state index is 0.0797. The second-order valence-corrected chi connectivity index (χ2v) is 7.39. The topological polar surface area (TPSA) is 87.7 Å². The normalized spacial score (nSPS) is 21.6. The summed E-state index contributed by atoms with van der Waals surface area (Å²) >= 11 is 0. The highest BCUT2D eigenvalue weighted by Crippen LogP contribution is 2.20. The molecule has 1 aromatic rings. The average Bonchev–Trinajstić information content (AvgIpc) is 3.00. The second kappa shape index (κ2) is 7.35. The molecule has 2 unspecified atom stereocenters. The number of nitrogens with one attached hydrogen (secondary N) is 2. The first kappa shape index (κ1) is 17.8. The highest BCUT2D eigenvalue weighted by atomic mass is 32.2. The van der Waals surface area contributed by atoms with E-state index in [1.54, 1.807) is 6.92 Å². The predicted octanol–water partition coefficient (Wildman–Crippen LogP) is 0.201. The van der Waals surface area contributed by atoms with Gasteiger partial charge in [-0.2, -0.15) is 4.31 Å². The van der Waals surface area contributed by atoms with E-state index in [9.17, 15) is 17.6 Å². The van der Waals surface area contributed by atoms with Crippen molar-refractivity contribution in [3.8, 4) is 0 Å². The Labute approximate surface area is 134 Å². The summed E-state index contributed by atoms with van der Waals surface area (Å²) in [5, 5.41) is -1.10. The molecule has 1 heterocycles. The molecule has 1 aliphatic rings. The van der Waals surface area contributed by atoms with Crippen molar-refractivity contribution in [3.05, 3.63) is 35.6 Å². The number of hydrazine groups is 1. The predicted molar refractivity (Wildman–Crippen MR) is 81.8 cm³/mol. The van der Waals surface area contributed by atoms with Crippen LogP contribution >= 0.6 is 0 Å². The van der Waals surface area contributed by atoms with Crippen molar-refractivity contribution in [1.82, 2.24) is 15.2 Å². The Morgan fingerprint density at radius 2 is 2.04 bits per heavy atom. The summed E-state index contributed by atoms with van der Waals surface area (Å²) in [6.45, 7) is 2.11. The molecule has 1 saturated heterocycles. The van der Waals surface area contributed by atoms with Crippen LogP contribution in [-0.4, -0.2) is 44.3 Å². The molecule has 1 fully saturated rings. The maximum absolute atomic E-state index is 12.9. The lowest BCUT2D eigenvalue weighted by molar-refractivity contribution is -0.147. The molecule has 1 aromatic carbocycles. The van der Waals surface area contributed by atoms with Gasteiger partial charge in [-0.1, -0.05) is 12.1 Å². The summed E-state index contributed by atoms with van der Waals surface area (Å²) in [7, 11) is -2.38. The smallest absolute Gasteiger partial charge is 0.313 e. The minimum Gasteiger partial charge on any atom is -0.466 e. The molecule has 128 valence electrons. The molecule has 7 nitrogen and oxygen atoms in total. The van der Waals surface area contributed by atoms with Crippen LogP contribution in [0.25, 0.3) is 0 Å². The quantitative estimate of drug-likeness (QED) is 0.716. The van der Waals surface area contributed by atoms with E-state index in [4.69, 9.17) is 4.74 Å². The summed E-state index contributed by atoms with van der Waals surface area (Å²) in [6.07, 6.45) is 0. The van der Waals surface area contributed by atoms with Gasteiger partial charge in [-0.25, -0.2) is 18.2 Å². The number of carbonyl (C=O) groups excluding carboxylic acids is 1. The molecule has 0 amide bonds. The number of carbonyl (C=O) groups is 1. The number of hydrogen-bond acceptors (Lipinski definition) is 6. The molecular formula is C14H20FN3O4S. The number of sulfonamides is 1. The van der Waals surface area contributed by atoms with Crippen molar-refractivity contribution in [2.24, 2.45) is 5.92 Å². The largest absolute Gasteiger partial charge is 0.466 e. The molecular weight excluding hydrogens is 325 g/mol. The van der Waals surface area contributed by atoms with Crippen molar-refractivity contribution in [3.63, 3.8) is 0 Å². The fraction of sp³-hybridized carbons (Fsp3) is 0.500. The zero-order chi connectivity index (χ0) is 17.0. The Bertz CT molecular complexity index is 650. The maximum Gasteiger partial charge on any atom is 0.313 e. The Morgan fingerprint density at radius 1 is 1.39 bits per heavy atom. The van der Waals surface area contributed by atoms with Crippen LogP contribution in [0.3, 0.4) is 0 Å². The third-order valence-corrected chi connectivity index (χ3v) is 5.68. The van der Waals surface area contributed by atoms with Gasteiger partial charge in [-0.3, -0.25) is 10.2 Å². The third-order valence-electron chi connectivity index (χ3n) is 3.59. The van der Waals surface area contributed by atoms with Gasteiger partial charge in [-0.05, 0) is 24.6 Å². The van der Waals surface area contributed by atoms with Crippen LogP contribution in [0.2, 0.25) is 0 Å². The van der Waals surface area contributed by atoms with E-state index in [-0.39, 0.29) is 25.5 Å².